The Hall–Kier alpha value is -3.55. The van der Waals surface area contributed by atoms with E-state index in [4.69, 9.17) is 0 Å². The average molecular weight is 591 g/mol. The Balaban J connectivity index is 1.37. The number of halogens is 7. The molecule has 0 bridgehead atoms. The molecule has 0 aliphatic rings. The maximum atomic E-state index is 15.3. The van der Waals surface area contributed by atoms with E-state index in [2.05, 4.69) is 11.7 Å². The first-order valence-electron chi connectivity index (χ1n) is 14.2. The van der Waals surface area contributed by atoms with Gasteiger partial charge in [-0.05, 0) is 89.9 Å². The molecule has 0 spiro atoms. The van der Waals surface area contributed by atoms with E-state index in [9.17, 15) is 26.3 Å². The summed E-state index contributed by atoms with van der Waals surface area (Å²) in [6.07, 6.45) is 2.65. The number of ether oxygens (including phenoxy) is 1. The molecule has 4 rings (SSSR count). The summed E-state index contributed by atoms with van der Waals surface area (Å²) in [4.78, 5) is 0. The quantitative estimate of drug-likeness (QED) is 0.111. The van der Waals surface area contributed by atoms with Gasteiger partial charge < -0.3 is 4.74 Å². The van der Waals surface area contributed by atoms with Crippen LogP contribution in [0.1, 0.15) is 66.8 Å². The first-order chi connectivity index (χ1) is 20.0. The molecule has 1 nitrogen and oxygen atoms in total. The topological polar surface area (TPSA) is 9.23 Å². The lowest BCUT2D eigenvalue weighted by Gasteiger charge is -2.12. The van der Waals surface area contributed by atoms with Gasteiger partial charge in [0.05, 0.1) is 0 Å². The summed E-state index contributed by atoms with van der Waals surface area (Å²) in [5.41, 5.74) is 2.95. The summed E-state index contributed by atoms with van der Waals surface area (Å²) in [7, 11) is 0. The number of benzene rings is 4. The van der Waals surface area contributed by atoms with Crippen molar-refractivity contribution in [2.75, 3.05) is 0 Å². The molecule has 8 heteroatoms. The zero-order chi connectivity index (χ0) is 30.3. The minimum Gasteiger partial charge on any atom is -0.399 e. The lowest BCUT2D eigenvalue weighted by molar-refractivity contribution is -0.276. The average Bonchev–Trinajstić information content (AvgIpc) is 2.93. The molecule has 224 valence electrons. The third-order valence-electron chi connectivity index (χ3n) is 7.43. The number of hydrogen-bond donors (Lipinski definition) is 0. The van der Waals surface area contributed by atoms with Crippen LogP contribution in [0.4, 0.5) is 30.7 Å². The third kappa shape index (κ3) is 8.49. The zero-order valence-corrected chi connectivity index (χ0v) is 23.4. The molecular formula is C34H33F7O. The van der Waals surface area contributed by atoms with Crippen LogP contribution >= 0.6 is 0 Å². The lowest BCUT2D eigenvalue weighted by Crippen LogP contribution is -2.19. The second-order valence-electron chi connectivity index (χ2n) is 10.6. The van der Waals surface area contributed by atoms with E-state index in [1.54, 1.807) is 30.3 Å². The Bertz CT molecular complexity index is 1490. The fourth-order valence-electron chi connectivity index (χ4n) is 5.14. The number of hydrogen-bond acceptors (Lipinski definition) is 1. The summed E-state index contributed by atoms with van der Waals surface area (Å²) in [5, 5.41) is 1.04. The van der Waals surface area contributed by atoms with E-state index < -0.39 is 29.6 Å². The molecule has 42 heavy (non-hydrogen) atoms. The van der Waals surface area contributed by atoms with E-state index in [1.165, 1.54) is 19.3 Å². The molecule has 0 radical (unpaired) electrons. The van der Waals surface area contributed by atoms with E-state index in [-0.39, 0.29) is 24.2 Å². The molecular weight excluding hydrogens is 557 g/mol. The largest absolute Gasteiger partial charge is 0.573 e. The fourth-order valence-corrected chi connectivity index (χ4v) is 5.14. The summed E-state index contributed by atoms with van der Waals surface area (Å²) >= 11 is 0. The second kappa shape index (κ2) is 14.1. The van der Waals surface area contributed by atoms with Gasteiger partial charge in [0.2, 0.25) is 5.75 Å². The number of fused-ring (bicyclic) bond motifs is 1. The maximum absolute atomic E-state index is 15.3. The number of rotatable bonds is 13. The Morgan fingerprint density at radius 2 is 1.17 bits per heavy atom. The van der Waals surface area contributed by atoms with Crippen molar-refractivity contribution in [2.45, 2.75) is 77.5 Å². The molecule has 4 aromatic rings. The minimum atomic E-state index is -5.23. The number of alkyl halides is 3. The van der Waals surface area contributed by atoms with Crippen LogP contribution in [0, 0.1) is 23.3 Å². The van der Waals surface area contributed by atoms with Gasteiger partial charge in [-0.2, -0.15) is 0 Å². The highest BCUT2D eigenvalue weighted by molar-refractivity contribution is 5.84. The van der Waals surface area contributed by atoms with Gasteiger partial charge in [0.1, 0.15) is 11.6 Å². The van der Waals surface area contributed by atoms with Crippen molar-refractivity contribution < 1.29 is 35.5 Å². The highest BCUT2D eigenvalue weighted by atomic mass is 19.4. The standard InChI is InChI=1S/C34H33F7O/c1-2-3-4-5-6-7-22-8-12-25(29(35)19-22)13-9-23-11-17-28-27(18-23)16-15-26(32(28)38)14-10-24-20-30(36)33(31(37)21-24)42-34(39,40)41/h8,11-12,15-21H,2-7,9-10,13-14H2,1H3. The van der Waals surface area contributed by atoms with Crippen molar-refractivity contribution in [1.29, 1.82) is 0 Å². The number of unbranched alkanes of at least 4 members (excludes halogenated alkanes) is 4. The molecule has 0 aromatic heterocycles. The van der Waals surface area contributed by atoms with Crippen molar-refractivity contribution in [3.8, 4) is 5.75 Å². The third-order valence-corrected chi connectivity index (χ3v) is 7.43. The Morgan fingerprint density at radius 3 is 1.86 bits per heavy atom. The van der Waals surface area contributed by atoms with Gasteiger partial charge in [-0.15, -0.1) is 13.2 Å². The van der Waals surface area contributed by atoms with Crippen molar-refractivity contribution in [3.63, 3.8) is 0 Å². The molecule has 4 aromatic carbocycles. The van der Waals surface area contributed by atoms with Gasteiger partial charge in [-0.1, -0.05) is 75.1 Å². The van der Waals surface area contributed by atoms with Crippen LogP contribution in [0.25, 0.3) is 10.8 Å². The Kier molecular flexibility index (Phi) is 10.5. The molecule has 0 amide bonds. The normalized spacial score (nSPS) is 11.8. The van der Waals surface area contributed by atoms with Gasteiger partial charge >= 0.3 is 6.36 Å². The predicted molar refractivity (Wildman–Crippen MR) is 151 cm³/mol. The molecule has 0 fully saturated rings. The Labute approximate surface area is 241 Å². The smallest absolute Gasteiger partial charge is 0.399 e. The first kappa shape index (κ1) is 31.4. The molecule has 0 aliphatic carbocycles. The second-order valence-corrected chi connectivity index (χ2v) is 10.6. The highest BCUT2D eigenvalue weighted by Gasteiger charge is 2.34. The minimum absolute atomic E-state index is 0.00383. The van der Waals surface area contributed by atoms with Gasteiger partial charge in [0.25, 0.3) is 0 Å². The summed E-state index contributed by atoms with van der Waals surface area (Å²) in [5.74, 6) is -5.18. The van der Waals surface area contributed by atoms with Crippen LogP contribution in [0.2, 0.25) is 0 Å². The fraction of sp³-hybridized carbons (Fsp3) is 0.353. The van der Waals surface area contributed by atoms with Gasteiger partial charge in [0, 0.05) is 5.39 Å². The van der Waals surface area contributed by atoms with Crippen LogP contribution < -0.4 is 4.74 Å². The monoisotopic (exact) mass is 590 g/mol. The van der Waals surface area contributed by atoms with Crippen LogP contribution in [-0.4, -0.2) is 6.36 Å². The molecule has 0 N–H and O–H groups in total. The Morgan fingerprint density at radius 1 is 0.571 bits per heavy atom. The zero-order valence-electron chi connectivity index (χ0n) is 23.4. The predicted octanol–water partition coefficient (Wildman–Crippen LogP) is 10.4. The van der Waals surface area contributed by atoms with Gasteiger partial charge in [-0.3, -0.25) is 0 Å². The lowest BCUT2D eigenvalue weighted by atomic mass is 9.96. The maximum Gasteiger partial charge on any atom is 0.573 e. The van der Waals surface area contributed by atoms with Crippen molar-refractivity contribution in [2.24, 2.45) is 0 Å². The molecule has 0 atom stereocenters. The first-order valence-corrected chi connectivity index (χ1v) is 14.2. The van der Waals surface area contributed by atoms with Crippen LogP contribution in [0.3, 0.4) is 0 Å². The van der Waals surface area contributed by atoms with E-state index >= 15 is 4.39 Å². The molecule has 0 unspecified atom stereocenters. The summed E-state index contributed by atoms with van der Waals surface area (Å²) < 4.78 is 98.5. The van der Waals surface area contributed by atoms with Gasteiger partial charge in [-0.25, -0.2) is 17.6 Å². The number of aryl methyl sites for hydroxylation is 5. The van der Waals surface area contributed by atoms with Crippen molar-refractivity contribution in [3.05, 3.63) is 112 Å². The van der Waals surface area contributed by atoms with Gasteiger partial charge in [0.15, 0.2) is 11.6 Å². The van der Waals surface area contributed by atoms with Crippen LogP contribution in [0.5, 0.6) is 5.75 Å². The SMILES string of the molecule is CCCCCCCc1ccc(CCc2ccc3c(F)c(CCc4cc(F)c(OC(F)(F)F)c(F)c4)ccc3c2)c(F)c1. The van der Waals surface area contributed by atoms with Crippen LogP contribution in [-0.2, 0) is 32.1 Å². The molecule has 0 heterocycles. The summed E-state index contributed by atoms with van der Waals surface area (Å²) in [6, 6.07) is 15.6. The van der Waals surface area contributed by atoms with E-state index in [0.29, 0.717) is 34.7 Å². The van der Waals surface area contributed by atoms with E-state index in [0.717, 1.165) is 42.5 Å². The summed E-state index contributed by atoms with van der Waals surface area (Å²) in [6.45, 7) is 2.17. The molecule has 0 saturated carbocycles. The highest BCUT2D eigenvalue weighted by Crippen LogP contribution is 2.30. The molecule has 0 aliphatic heterocycles. The van der Waals surface area contributed by atoms with Crippen molar-refractivity contribution >= 4 is 10.8 Å². The molecule has 0 saturated heterocycles. The van der Waals surface area contributed by atoms with Crippen molar-refractivity contribution in [1.82, 2.24) is 0 Å². The van der Waals surface area contributed by atoms with Crippen LogP contribution in [0.15, 0.2) is 60.7 Å². The van der Waals surface area contributed by atoms with E-state index in [1.807, 2.05) is 18.2 Å².